The first-order valence-electron chi connectivity index (χ1n) is 11.3. The van der Waals surface area contributed by atoms with Crippen LogP contribution in [-0.4, -0.2) is 39.8 Å². The van der Waals surface area contributed by atoms with Gasteiger partial charge in [0, 0.05) is 24.6 Å². The Morgan fingerprint density at radius 1 is 1.03 bits per heavy atom. The van der Waals surface area contributed by atoms with E-state index in [-0.39, 0.29) is 18.4 Å². The summed E-state index contributed by atoms with van der Waals surface area (Å²) >= 11 is 0. The number of aryl methyl sites for hydroxylation is 1. The van der Waals surface area contributed by atoms with Crippen LogP contribution >= 0.6 is 0 Å². The maximum Gasteiger partial charge on any atom is 0.227 e. The third kappa shape index (κ3) is 4.47. The molecule has 1 saturated heterocycles. The van der Waals surface area contributed by atoms with Gasteiger partial charge in [-0.15, -0.1) is 0 Å². The van der Waals surface area contributed by atoms with Crippen LogP contribution in [0.4, 0.5) is 5.69 Å². The second kappa shape index (κ2) is 9.08. The molecule has 1 N–H and O–H groups in total. The lowest BCUT2D eigenvalue weighted by Gasteiger charge is -2.19. The third-order valence-electron chi connectivity index (χ3n) is 6.10. The number of anilines is 1. The van der Waals surface area contributed by atoms with Gasteiger partial charge in [0.2, 0.25) is 5.91 Å². The number of carbonyl (C=O) groups is 1. The van der Waals surface area contributed by atoms with Crippen molar-refractivity contribution in [1.29, 1.82) is 0 Å². The highest BCUT2D eigenvalue weighted by molar-refractivity contribution is 5.96. The first-order valence-corrected chi connectivity index (χ1v) is 11.3. The quantitative estimate of drug-likeness (QED) is 0.464. The Bertz CT molecular complexity index is 1250. The third-order valence-corrected chi connectivity index (χ3v) is 6.10. The molecule has 1 fully saturated rings. The van der Waals surface area contributed by atoms with Crippen molar-refractivity contribution < 1.29 is 14.6 Å². The molecule has 33 heavy (non-hydrogen) atoms. The molecule has 0 aliphatic carbocycles. The summed E-state index contributed by atoms with van der Waals surface area (Å²) in [6.07, 6.45) is -0.321. The Balaban J connectivity index is 1.37. The second-order valence-corrected chi connectivity index (χ2v) is 8.59. The minimum atomic E-state index is -0.718. The van der Waals surface area contributed by atoms with Crippen molar-refractivity contribution in [3.05, 3.63) is 90.3 Å². The SMILES string of the molecule is Cc1ccc(OCC(O)Cn2c(C3CC(=O)N(c4ccccc4)C3)nc3ccccc32)cc1. The number of imidazole rings is 1. The molecular weight excluding hydrogens is 414 g/mol. The molecule has 6 nitrogen and oxygen atoms in total. The fourth-order valence-corrected chi connectivity index (χ4v) is 4.43. The van der Waals surface area contributed by atoms with Crippen LogP contribution < -0.4 is 9.64 Å². The lowest BCUT2D eigenvalue weighted by molar-refractivity contribution is -0.117. The van der Waals surface area contributed by atoms with Crippen molar-refractivity contribution in [1.82, 2.24) is 9.55 Å². The van der Waals surface area contributed by atoms with E-state index in [1.807, 2.05) is 95.3 Å². The average Bonchev–Trinajstić information content (AvgIpc) is 3.40. The van der Waals surface area contributed by atoms with Crippen LogP contribution in [0.5, 0.6) is 5.75 Å². The van der Waals surface area contributed by atoms with Gasteiger partial charge in [-0.2, -0.15) is 0 Å². The van der Waals surface area contributed by atoms with Crippen LogP contribution in [0.15, 0.2) is 78.9 Å². The second-order valence-electron chi connectivity index (χ2n) is 8.59. The number of nitrogens with zero attached hydrogens (tertiary/aromatic N) is 3. The lowest BCUT2D eigenvalue weighted by atomic mass is 10.1. The van der Waals surface area contributed by atoms with Gasteiger partial charge in [0.05, 0.1) is 17.6 Å². The number of benzene rings is 3. The molecule has 0 radical (unpaired) electrons. The van der Waals surface area contributed by atoms with E-state index in [9.17, 15) is 9.90 Å². The van der Waals surface area contributed by atoms with E-state index in [4.69, 9.17) is 9.72 Å². The minimum Gasteiger partial charge on any atom is -0.491 e. The molecule has 0 bridgehead atoms. The zero-order valence-corrected chi connectivity index (χ0v) is 18.6. The standard InChI is InChI=1S/C27H27N3O3/c1-19-11-13-23(14-12-19)33-18-22(31)17-30-25-10-6-5-9-24(25)28-27(30)20-15-26(32)29(16-20)21-7-3-2-4-8-21/h2-14,20,22,31H,15-18H2,1H3. The maximum absolute atomic E-state index is 12.8. The zero-order valence-electron chi connectivity index (χ0n) is 18.6. The summed E-state index contributed by atoms with van der Waals surface area (Å²) in [6, 6.07) is 25.4. The van der Waals surface area contributed by atoms with Crippen molar-refractivity contribution in [3.8, 4) is 5.75 Å². The average molecular weight is 442 g/mol. The van der Waals surface area contributed by atoms with Gasteiger partial charge >= 0.3 is 0 Å². The number of carbonyl (C=O) groups excluding carboxylic acids is 1. The van der Waals surface area contributed by atoms with Crippen molar-refractivity contribution in [2.45, 2.75) is 31.9 Å². The van der Waals surface area contributed by atoms with Crippen molar-refractivity contribution in [2.24, 2.45) is 0 Å². The van der Waals surface area contributed by atoms with Crippen LogP contribution in [0.2, 0.25) is 0 Å². The fourth-order valence-electron chi connectivity index (χ4n) is 4.43. The first kappa shape index (κ1) is 21.2. The number of hydrogen-bond acceptors (Lipinski definition) is 4. The highest BCUT2D eigenvalue weighted by atomic mass is 16.5. The summed E-state index contributed by atoms with van der Waals surface area (Å²) < 4.78 is 7.84. The lowest BCUT2D eigenvalue weighted by Crippen LogP contribution is -2.26. The van der Waals surface area contributed by atoms with Gasteiger partial charge in [0.1, 0.15) is 24.3 Å². The van der Waals surface area contributed by atoms with Crippen molar-refractivity contribution in [2.75, 3.05) is 18.1 Å². The van der Waals surface area contributed by atoms with E-state index < -0.39 is 6.10 Å². The molecular formula is C27H27N3O3. The van der Waals surface area contributed by atoms with Gasteiger partial charge in [-0.3, -0.25) is 4.79 Å². The van der Waals surface area contributed by atoms with E-state index in [1.165, 1.54) is 0 Å². The molecule has 168 valence electrons. The van der Waals surface area contributed by atoms with Gasteiger partial charge in [-0.1, -0.05) is 48.0 Å². The number of amides is 1. The summed E-state index contributed by atoms with van der Waals surface area (Å²) in [5.74, 6) is 1.61. The highest BCUT2D eigenvalue weighted by Crippen LogP contribution is 2.33. The number of rotatable bonds is 7. The number of aliphatic hydroxyl groups is 1. The van der Waals surface area contributed by atoms with Crippen LogP contribution in [0.25, 0.3) is 11.0 Å². The summed E-state index contributed by atoms with van der Waals surface area (Å²) in [7, 11) is 0. The Kier molecular flexibility index (Phi) is 5.84. The van der Waals surface area contributed by atoms with Gasteiger partial charge in [0.25, 0.3) is 0 Å². The molecule has 4 aromatic rings. The van der Waals surface area contributed by atoms with E-state index in [2.05, 4.69) is 0 Å². The van der Waals surface area contributed by atoms with Crippen LogP contribution in [0.3, 0.4) is 0 Å². The van der Waals surface area contributed by atoms with E-state index in [0.29, 0.717) is 19.5 Å². The molecule has 0 saturated carbocycles. The summed E-state index contributed by atoms with van der Waals surface area (Å²) in [5, 5.41) is 10.8. The Morgan fingerprint density at radius 3 is 2.55 bits per heavy atom. The number of para-hydroxylation sites is 3. The van der Waals surface area contributed by atoms with E-state index >= 15 is 0 Å². The number of ether oxygens (including phenoxy) is 1. The largest absolute Gasteiger partial charge is 0.491 e. The van der Waals surface area contributed by atoms with Gasteiger partial charge in [0.15, 0.2) is 0 Å². The van der Waals surface area contributed by atoms with Crippen molar-refractivity contribution >= 4 is 22.6 Å². The van der Waals surface area contributed by atoms with Crippen LogP contribution in [-0.2, 0) is 11.3 Å². The molecule has 2 unspecified atom stereocenters. The molecule has 1 amide bonds. The van der Waals surface area contributed by atoms with Gasteiger partial charge in [-0.05, 0) is 43.3 Å². The van der Waals surface area contributed by atoms with Gasteiger partial charge in [-0.25, -0.2) is 4.98 Å². The minimum absolute atomic E-state index is 0.0460. The molecule has 2 atom stereocenters. The summed E-state index contributed by atoms with van der Waals surface area (Å²) in [6.45, 7) is 3.12. The molecule has 1 aliphatic rings. The normalized spacial score (nSPS) is 17.0. The summed E-state index contributed by atoms with van der Waals surface area (Å²) in [5.41, 5.74) is 3.88. The molecule has 1 aromatic heterocycles. The summed E-state index contributed by atoms with van der Waals surface area (Å²) in [4.78, 5) is 19.5. The predicted octanol–water partition coefficient (Wildman–Crippen LogP) is 4.31. The Hall–Kier alpha value is -3.64. The predicted molar refractivity (Wildman–Crippen MR) is 129 cm³/mol. The molecule has 3 aromatic carbocycles. The first-order chi connectivity index (χ1) is 16.1. The number of aliphatic hydroxyl groups excluding tert-OH is 1. The maximum atomic E-state index is 12.8. The molecule has 1 aliphatic heterocycles. The Morgan fingerprint density at radius 2 is 1.76 bits per heavy atom. The smallest absolute Gasteiger partial charge is 0.227 e. The van der Waals surface area contributed by atoms with E-state index in [0.717, 1.165) is 33.9 Å². The zero-order chi connectivity index (χ0) is 22.8. The molecule has 5 rings (SSSR count). The highest BCUT2D eigenvalue weighted by Gasteiger charge is 2.35. The van der Waals surface area contributed by atoms with Crippen molar-refractivity contribution in [3.63, 3.8) is 0 Å². The number of fused-ring (bicyclic) bond motifs is 1. The van der Waals surface area contributed by atoms with Crippen LogP contribution in [0, 0.1) is 6.92 Å². The number of hydrogen-bond donors (Lipinski definition) is 1. The monoisotopic (exact) mass is 441 g/mol. The van der Waals surface area contributed by atoms with Crippen LogP contribution in [0.1, 0.15) is 23.7 Å². The topological polar surface area (TPSA) is 67.6 Å². The number of aromatic nitrogens is 2. The Labute approximate surface area is 193 Å². The van der Waals surface area contributed by atoms with E-state index in [1.54, 1.807) is 0 Å². The van der Waals surface area contributed by atoms with Gasteiger partial charge < -0.3 is 19.3 Å². The molecule has 0 spiro atoms. The molecule has 2 heterocycles. The fraction of sp³-hybridized carbons (Fsp3) is 0.259. The molecule has 6 heteroatoms.